The van der Waals surface area contributed by atoms with Gasteiger partial charge in [0.05, 0.1) is 11.3 Å². The Bertz CT molecular complexity index is 1370. The first kappa shape index (κ1) is 22.3. The molecule has 2 aromatic heterocycles. The lowest BCUT2D eigenvalue weighted by molar-refractivity contribution is 0.305. The van der Waals surface area contributed by atoms with Crippen LogP contribution in [0.2, 0.25) is 0 Å². The Labute approximate surface area is 190 Å². The van der Waals surface area contributed by atoms with Gasteiger partial charge in [-0.05, 0) is 35.9 Å². The van der Waals surface area contributed by atoms with E-state index in [4.69, 9.17) is 9.52 Å². The molecule has 2 N–H and O–H groups in total. The maximum Gasteiger partial charge on any atom is 0.230 e. The Kier molecular flexibility index (Phi) is 6.55. The van der Waals surface area contributed by atoms with Gasteiger partial charge in [0, 0.05) is 45.7 Å². The second-order valence-electron chi connectivity index (χ2n) is 7.40. The van der Waals surface area contributed by atoms with Crippen LogP contribution in [-0.4, -0.2) is 30.4 Å². The van der Waals surface area contributed by atoms with E-state index in [2.05, 4.69) is 25.3 Å². The Morgan fingerprint density at radius 2 is 1.94 bits per heavy atom. The Balaban J connectivity index is 1.57. The number of anilines is 2. The lowest BCUT2D eigenvalue weighted by Crippen LogP contribution is -2.03. The summed E-state index contributed by atoms with van der Waals surface area (Å²) in [6.45, 7) is 0.212. The van der Waals surface area contributed by atoms with E-state index >= 15 is 0 Å². The van der Waals surface area contributed by atoms with Crippen molar-refractivity contribution in [1.29, 1.82) is 4.78 Å². The zero-order chi connectivity index (χ0) is 23.3. The molecular weight excluding hydrogens is 443 g/mol. The molecule has 0 bridgehead atoms. The topological polar surface area (TPSA) is 114 Å². The highest BCUT2D eigenvalue weighted by atomic mass is 32.2. The van der Waals surface area contributed by atoms with E-state index in [0.29, 0.717) is 22.8 Å². The molecule has 4 aromatic rings. The van der Waals surface area contributed by atoms with E-state index in [1.807, 2.05) is 18.2 Å². The van der Waals surface area contributed by atoms with Gasteiger partial charge in [0.2, 0.25) is 5.95 Å². The Hall–Kier alpha value is -3.92. The van der Waals surface area contributed by atoms with Crippen molar-refractivity contribution >= 4 is 21.4 Å². The van der Waals surface area contributed by atoms with Gasteiger partial charge in [-0.3, -0.25) is 9.76 Å². The molecule has 0 saturated heterocycles. The van der Waals surface area contributed by atoms with Crippen molar-refractivity contribution in [1.82, 2.24) is 19.9 Å². The van der Waals surface area contributed by atoms with Crippen LogP contribution in [-0.2, 0) is 22.1 Å². The number of rotatable bonds is 8. The highest BCUT2D eigenvalue weighted by Crippen LogP contribution is 2.29. The minimum absolute atomic E-state index is 0.151. The van der Waals surface area contributed by atoms with Gasteiger partial charge in [0.15, 0.2) is 5.82 Å². The first-order valence-electron chi connectivity index (χ1n) is 9.94. The van der Waals surface area contributed by atoms with E-state index in [-0.39, 0.29) is 18.3 Å². The average molecular weight is 465 g/mol. The fourth-order valence-corrected chi connectivity index (χ4v) is 3.93. The number of pyridine rings is 1. The van der Waals surface area contributed by atoms with E-state index < -0.39 is 15.5 Å². The zero-order valence-corrected chi connectivity index (χ0v) is 18.6. The second-order valence-corrected chi connectivity index (χ2v) is 9.70. The summed E-state index contributed by atoms with van der Waals surface area (Å²) < 4.78 is 39.2. The quantitative estimate of drug-likeness (QED) is 0.393. The molecule has 33 heavy (non-hydrogen) atoms. The fraction of sp³-hybridized carbons (Fsp3) is 0.130. The van der Waals surface area contributed by atoms with E-state index in [9.17, 15) is 8.60 Å². The van der Waals surface area contributed by atoms with Crippen molar-refractivity contribution in [2.75, 3.05) is 11.6 Å². The minimum Gasteiger partial charge on any atom is -0.488 e. The molecule has 0 amide bonds. The molecule has 8 nitrogen and oxygen atoms in total. The molecule has 4 rings (SSSR count). The lowest BCUT2D eigenvalue weighted by Gasteiger charge is -2.12. The smallest absolute Gasteiger partial charge is 0.230 e. The summed E-state index contributed by atoms with van der Waals surface area (Å²) in [7, 11) is -2.66. The summed E-state index contributed by atoms with van der Waals surface area (Å²) in [4.78, 5) is 16.9. The highest BCUT2D eigenvalue weighted by Gasteiger charge is 2.13. The number of nitrogens with zero attached hydrogens (tertiary/aromatic N) is 4. The van der Waals surface area contributed by atoms with Crippen LogP contribution in [0.3, 0.4) is 0 Å². The van der Waals surface area contributed by atoms with Crippen LogP contribution in [0.4, 0.5) is 16.0 Å². The number of benzene rings is 2. The summed E-state index contributed by atoms with van der Waals surface area (Å²) >= 11 is 0. The molecule has 2 aromatic carbocycles. The Morgan fingerprint density at radius 3 is 2.73 bits per heavy atom. The first-order valence-corrected chi connectivity index (χ1v) is 12.1. The molecule has 2 heterocycles. The lowest BCUT2D eigenvalue weighted by atomic mass is 10.2. The summed E-state index contributed by atoms with van der Waals surface area (Å²) in [5, 5.41) is 3.09. The van der Waals surface area contributed by atoms with Gasteiger partial charge >= 0.3 is 0 Å². The molecule has 0 aliphatic carbocycles. The number of ether oxygens (including phenoxy) is 1. The fourth-order valence-electron chi connectivity index (χ4n) is 3.12. The summed E-state index contributed by atoms with van der Waals surface area (Å²) in [5.41, 5.74) is 2.80. The Morgan fingerprint density at radius 1 is 1.09 bits per heavy atom. The zero-order valence-electron chi connectivity index (χ0n) is 17.7. The predicted octanol–water partition coefficient (Wildman–Crippen LogP) is 4.57. The summed E-state index contributed by atoms with van der Waals surface area (Å²) in [6, 6.07) is 15.0. The minimum atomic E-state index is -2.66. The van der Waals surface area contributed by atoms with Crippen molar-refractivity contribution in [3.05, 3.63) is 90.3 Å². The molecule has 10 heteroatoms. The van der Waals surface area contributed by atoms with Crippen LogP contribution < -0.4 is 10.1 Å². The molecular formula is C23H21FN6O2S. The van der Waals surface area contributed by atoms with Crippen molar-refractivity contribution in [3.63, 3.8) is 0 Å². The van der Waals surface area contributed by atoms with Crippen LogP contribution in [0, 0.1) is 10.6 Å². The molecule has 0 saturated carbocycles. The van der Waals surface area contributed by atoms with Gasteiger partial charge in [-0.25, -0.2) is 18.6 Å². The number of halogens is 1. The molecule has 0 radical (unpaired) electrons. The third-order valence-electron chi connectivity index (χ3n) is 4.50. The average Bonchev–Trinajstić information content (AvgIpc) is 2.78. The van der Waals surface area contributed by atoms with Gasteiger partial charge in [-0.2, -0.15) is 4.98 Å². The van der Waals surface area contributed by atoms with E-state index in [0.717, 1.165) is 11.1 Å². The van der Waals surface area contributed by atoms with Crippen molar-refractivity contribution in [2.45, 2.75) is 12.4 Å². The third-order valence-corrected chi connectivity index (χ3v) is 5.38. The van der Waals surface area contributed by atoms with Crippen LogP contribution in [0.25, 0.3) is 11.4 Å². The van der Waals surface area contributed by atoms with Crippen molar-refractivity contribution < 1.29 is 13.3 Å². The first-order chi connectivity index (χ1) is 15.9. The standard InChI is InChI=1S/C23H21FN6O2S/c1-33(25,31)14-16-4-2-6-19(10-16)29-23-28-15-27-22(30-23)20-8-7-18(24)11-21(20)32-13-17-5-3-9-26-12-17/h2-12,15,25H,13-14H2,1H3,(H,27,28,29,30). The molecule has 0 fully saturated rings. The molecule has 168 valence electrons. The van der Waals surface area contributed by atoms with E-state index in [1.54, 1.807) is 36.7 Å². The summed E-state index contributed by atoms with van der Waals surface area (Å²) in [5.74, 6) is 0.602. The van der Waals surface area contributed by atoms with Gasteiger partial charge in [0.25, 0.3) is 0 Å². The van der Waals surface area contributed by atoms with Crippen LogP contribution in [0.5, 0.6) is 5.75 Å². The molecule has 1 unspecified atom stereocenters. The van der Waals surface area contributed by atoms with Crippen molar-refractivity contribution in [2.24, 2.45) is 0 Å². The highest BCUT2D eigenvalue weighted by molar-refractivity contribution is 7.90. The molecule has 0 aliphatic heterocycles. The normalized spacial score (nSPS) is 12.7. The maximum absolute atomic E-state index is 13.9. The molecule has 1 atom stereocenters. The second kappa shape index (κ2) is 9.70. The molecule has 0 aliphatic rings. The number of nitrogens with one attached hydrogen (secondary N) is 2. The monoisotopic (exact) mass is 464 g/mol. The van der Waals surface area contributed by atoms with Crippen LogP contribution in [0.1, 0.15) is 11.1 Å². The van der Waals surface area contributed by atoms with Gasteiger partial charge in [-0.1, -0.05) is 18.2 Å². The third kappa shape index (κ3) is 6.30. The van der Waals surface area contributed by atoms with Gasteiger partial charge in [0.1, 0.15) is 24.5 Å². The maximum atomic E-state index is 13.9. The van der Waals surface area contributed by atoms with Crippen molar-refractivity contribution in [3.8, 4) is 17.1 Å². The largest absolute Gasteiger partial charge is 0.488 e. The van der Waals surface area contributed by atoms with Crippen LogP contribution in [0.15, 0.2) is 73.3 Å². The number of hydrogen-bond acceptors (Lipinski definition) is 8. The SMILES string of the molecule is CS(=N)(=O)Cc1cccc(Nc2ncnc(-c3ccc(F)cc3OCc3cccnc3)n2)c1. The predicted molar refractivity (Wildman–Crippen MR) is 124 cm³/mol. The summed E-state index contributed by atoms with van der Waals surface area (Å²) in [6.07, 6.45) is 6.10. The van der Waals surface area contributed by atoms with Crippen LogP contribution >= 0.6 is 0 Å². The van der Waals surface area contributed by atoms with Gasteiger partial charge in [-0.15, -0.1) is 0 Å². The number of aromatic nitrogens is 4. The molecule has 0 spiro atoms. The van der Waals surface area contributed by atoms with Gasteiger partial charge < -0.3 is 10.1 Å². The number of hydrogen-bond donors (Lipinski definition) is 2. The van der Waals surface area contributed by atoms with E-state index in [1.165, 1.54) is 24.7 Å².